The lowest BCUT2D eigenvalue weighted by atomic mass is 9.98. The number of nitrogens with zero attached hydrogens (tertiary/aromatic N) is 1. The van der Waals surface area contributed by atoms with Crippen LogP contribution in [0.1, 0.15) is 25.8 Å². The topological polar surface area (TPSA) is 38.9 Å². The first-order chi connectivity index (χ1) is 8.29. The van der Waals surface area contributed by atoms with Gasteiger partial charge in [-0.1, -0.05) is 20.8 Å². The van der Waals surface area contributed by atoms with E-state index in [2.05, 4.69) is 41.7 Å². The minimum absolute atomic E-state index is 0.0382. The van der Waals surface area contributed by atoms with Crippen LogP contribution in [0.4, 0.5) is 9.39 Å². The molecular formula is C13H14BrFN2S. The van der Waals surface area contributed by atoms with E-state index in [1.165, 1.54) is 23.5 Å². The molecule has 0 saturated carbocycles. The zero-order valence-corrected chi connectivity index (χ0v) is 12.8. The number of anilines is 1. The Morgan fingerprint density at radius 1 is 1.33 bits per heavy atom. The van der Waals surface area contributed by atoms with E-state index in [0.29, 0.717) is 9.47 Å². The number of nitrogen functional groups attached to an aromatic ring is 1. The molecular weight excluding hydrogens is 315 g/mol. The SMILES string of the molecule is CC(C)(C)c1nc(-c2ccc(F)cc2Br)c(N)s1. The van der Waals surface area contributed by atoms with Crippen molar-refractivity contribution in [1.82, 2.24) is 4.98 Å². The fraction of sp³-hybridized carbons (Fsp3) is 0.308. The normalized spacial score (nSPS) is 11.8. The van der Waals surface area contributed by atoms with Gasteiger partial charge in [-0.3, -0.25) is 0 Å². The summed E-state index contributed by atoms with van der Waals surface area (Å²) in [5.74, 6) is -0.282. The third-order valence-corrected chi connectivity index (χ3v) is 4.45. The lowest BCUT2D eigenvalue weighted by molar-refractivity contribution is 0.586. The Balaban J connectivity index is 2.55. The summed E-state index contributed by atoms with van der Waals surface area (Å²) in [5, 5.41) is 1.64. The highest BCUT2D eigenvalue weighted by molar-refractivity contribution is 9.10. The maximum absolute atomic E-state index is 13.1. The first-order valence-electron chi connectivity index (χ1n) is 5.51. The molecule has 0 bridgehead atoms. The molecule has 2 nitrogen and oxygen atoms in total. The van der Waals surface area contributed by atoms with Crippen LogP contribution >= 0.6 is 27.3 Å². The highest BCUT2D eigenvalue weighted by Gasteiger charge is 2.22. The van der Waals surface area contributed by atoms with Crippen molar-refractivity contribution in [2.45, 2.75) is 26.2 Å². The zero-order chi connectivity index (χ0) is 13.5. The molecule has 1 heterocycles. The molecule has 0 unspecified atom stereocenters. The maximum atomic E-state index is 13.1. The van der Waals surface area contributed by atoms with Crippen LogP contribution in [0.3, 0.4) is 0 Å². The molecule has 2 aromatic rings. The molecule has 5 heteroatoms. The summed E-state index contributed by atoms with van der Waals surface area (Å²) in [6.07, 6.45) is 0. The second-order valence-corrected chi connectivity index (χ2v) is 6.99. The van der Waals surface area contributed by atoms with E-state index in [4.69, 9.17) is 5.73 Å². The predicted octanol–water partition coefficient (Wildman–Crippen LogP) is 4.59. The van der Waals surface area contributed by atoms with E-state index in [0.717, 1.165) is 16.3 Å². The summed E-state index contributed by atoms with van der Waals surface area (Å²) < 4.78 is 13.7. The Morgan fingerprint density at radius 3 is 2.50 bits per heavy atom. The fourth-order valence-electron chi connectivity index (χ4n) is 1.53. The first-order valence-corrected chi connectivity index (χ1v) is 7.12. The molecule has 0 radical (unpaired) electrons. The second kappa shape index (κ2) is 4.63. The highest BCUT2D eigenvalue weighted by atomic mass is 79.9. The molecule has 0 aliphatic heterocycles. The van der Waals surface area contributed by atoms with Crippen LogP contribution in [0.5, 0.6) is 0 Å². The van der Waals surface area contributed by atoms with Gasteiger partial charge >= 0.3 is 0 Å². The van der Waals surface area contributed by atoms with Gasteiger partial charge in [0.25, 0.3) is 0 Å². The smallest absolute Gasteiger partial charge is 0.124 e. The molecule has 18 heavy (non-hydrogen) atoms. The van der Waals surface area contributed by atoms with Crippen molar-refractivity contribution in [1.29, 1.82) is 0 Å². The van der Waals surface area contributed by atoms with Crippen molar-refractivity contribution in [3.63, 3.8) is 0 Å². The molecule has 0 saturated heterocycles. The van der Waals surface area contributed by atoms with E-state index < -0.39 is 0 Å². The van der Waals surface area contributed by atoms with E-state index >= 15 is 0 Å². The van der Waals surface area contributed by atoms with Crippen LogP contribution in [0.25, 0.3) is 11.3 Å². The molecule has 0 fully saturated rings. The second-order valence-electron chi connectivity index (χ2n) is 5.11. The minimum Gasteiger partial charge on any atom is -0.389 e. The Kier molecular flexibility index (Phi) is 3.47. The van der Waals surface area contributed by atoms with Crippen LogP contribution in [-0.4, -0.2) is 4.98 Å². The molecule has 0 amide bonds. The molecule has 96 valence electrons. The number of rotatable bonds is 1. The van der Waals surface area contributed by atoms with E-state index in [1.807, 2.05) is 0 Å². The third kappa shape index (κ3) is 2.57. The summed E-state index contributed by atoms with van der Waals surface area (Å²) in [4.78, 5) is 4.58. The zero-order valence-electron chi connectivity index (χ0n) is 10.4. The monoisotopic (exact) mass is 328 g/mol. The summed E-state index contributed by atoms with van der Waals surface area (Å²) in [6, 6.07) is 4.53. The van der Waals surface area contributed by atoms with Crippen molar-refractivity contribution in [3.8, 4) is 11.3 Å². The fourth-order valence-corrected chi connectivity index (χ4v) is 2.97. The van der Waals surface area contributed by atoms with Crippen molar-refractivity contribution >= 4 is 32.3 Å². The van der Waals surface area contributed by atoms with Crippen LogP contribution in [0, 0.1) is 5.82 Å². The third-order valence-electron chi connectivity index (χ3n) is 2.48. The molecule has 1 aromatic heterocycles. The summed E-state index contributed by atoms with van der Waals surface area (Å²) in [6.45, 7) is 6.28. The summed E-state index contributed by atoms with van der Waals surface area (Å²) >= 11 is 4.83. The molecule has 0 aliphatic carbocycles. The van der Waals surface area contributed by atoms with Crippen LogP contribution in [0.2, 0.25) is 0 Å². The van der Waals surface area contributed by atoms with Gasteiger partial charge in [0.1, 0.15) is 21.5 Å². The van der Waals surface area contributed by atoms with Gasteiger partial charge in [-0.2, -0.15) is 0 Å². The highest BCUT2D eigenvalue weighted by Crippen LogP contribution is 2.38. The number of aromatic nitrogens is 1. The van der Waals surface area contributed by atoms with Crippen molar-refractivity contribution in [3.05, 3.63) is 33.5 Å². The van der Waals surface area contributed by atoms with Crippen molar-refractivity contribution in [2.24, 2.45) is 0 Å². The average Bonchev–Trinajstić information content (AvgIpc) is 2.60. The van der Waals surface area contributed by atoms with Crippen LogP contribution in [-0.2, 0) is 5.41 Å². The molecule has 2 N–H and O–H groups in total. The summed E-state index contributed by atoms with van der Waals surface area (Å²) in [7, 11) is 0. The number of benzene rings is 1. The first kappa shape index (κ1) is 13.5. The molecule has 0 aliphatic rings. The van der Waals surface area contributed by atoms with Gasteiger partial charge in [0, 0.05) is 15.5 Å². The van der Waals surface area contributed by atoms with Crippen molar-refractivity contribution < 1.29 is 4.39 Å². The van der Waals surface area contributed by atoms with Crippen LogP contribution < -0.4 is 5.73 Å². The molecule has 0 spiro atoms. The Bertz CT molecular complexity index is 587. The number of hydrogen-bond acceptors (Lipinski definition) is 3. The molecule has 1 aromatic carbocycles. The maximum Gasteiger partial charge on any atom is 0.124 e. The Morgan fingerprint density at radius 2 is 2.00 bits per heavy atom. The Labute approximate surface area is 118 Å². The van der Waals surface area contributed by atoms with Crippen molar-refractivity contribution in [2.75, 3.05) is 5.73 Å². The number of halogens is 2. The minimum atomic E-state index is -0.282. The average molecular weight is 329 g/mol. The van der Waals surface area contributed by atoms with Gasteiger partial charge in [0.2, 0.25) is 0 Å². The van der Waals surface area contributed by atoms with Crippen LogP contribution in [0.15, 0.2) is 22.7 Å². The molecule has 0 atom stereocenters. The number of thiazole rings is 1. The standard InChI is InChI=1S/C13H14BrFN2S/c1-13(2,3)12-17-10(11(16)18-12)8-5-4-7(15)6-9(8)14/h4-6H,16H2,1-3H3. The summed E-state index contributed by atoms with van der Waals surface area (Å²) in [5.41, 5.74) is 7.52. The Hall–Kier alpha value is -0.940. The van der Waals surface area contributed by atoms with Gasteiger partial charge in [0.05, 0.1) is 0 Å². The largest absolute Gasteiger partial charge is 0.389 e. The van der Waals surface area contributed by atoms with E-state index in [-0.39, 0.29) is 11.2 Å². The number of nitrogens with two attached hydrogens (primary N) is 1. The van der Waals surface area contributed by atoms with Gasteiger partial charge < -0.3 is 5.73 Å². The lowest BCUT2D eigenvalue weighted by Gasteiger charge is -2.13. The van der Waals surface area contributed by atoms with Gasteiger partial charge in [-0.05, 0) is 34.1 Å². The number of hydrogen-bond donors (Lipinski definition) is 1. The van der Waals surface area contributed by atoms with Gasteiger partial charge in [0.15, 0.2) is 0 Å². The van der Waals surface area contributed by atoms with Gasteiger partial charge in [-0.15, -0.1) is 11.3 Å². The van der Waals surface area contributed by atoms with Gasteiger partial charge in [-0.25, -0.2) is 9.37 Å². The predicted molar refractivity (Wildman–Crippen MR) is 78.3 cm³/mol. The lowest BCUT2D eigenvalue weighted by Crippen LogP contribution is -2.10. The quantitative estimate of drug-likeness (QED) is 0.831. The van der Waals surface area contributed by atoms with E-state index in [1.54, 1.807) is 6.07 Å². The molecule has 2 rings (SSSR count). The van der Waals surface area contributed by atoms with E-state index in [9.17, 15) is 4.39 Å².